The van der Waals surface area contributed by atoms with E-state index < -0.39 is 33.1 Å². The molecule has 2 aliphatic heterocycles. The summed E-state index contributed by atoms with van der Waals surface area (Å²) in [7, 11) is 1.36. The summed E-state index contributed by atoms with van der Waals surface area (Å²) in [5, 5.41) is 8.34. The van der Waals surface area contributed by atoms with Gasteiger partial charge in [0, 0.05) is 5.56 Å². The van der Waals surface area contributed by atoms with Crippen molar-refractivity contribution in [1.82, 2.24) is 30.6 Å². The van der Waals surface area contributed by atoms with E-state index in [1.165, 1.54) is 7.11 Å². The predicted molar refractivity (Wildman–Crippen MR) is 240 cm³/mol. The molecule has 2 amide bonds. The van der Waals surface area contributed by atoms with Crippen molar-refractivity contribution in [2.24, 2.45) is 0 Å². The Morgan fingerprint density at radius 2 is 1.31 bits per heavy atom. The number of H-pyrrole nitrogens is 2. The van der Waals surface area contributed by atoms with Crippen LogP contribution >= 0.6 is 0 Å². The van der Waals surface area contributed by atoms with Gasteiger partial charge in [-0.15, -0.1) is 0 Å². The van der Waals surface area contributed by atoms with Crippen LogP contribution in [0.15, 0.2) is 18.2 Å². The van der Waals surface area contributed by atoms with E-state index in [0.29, 0.717) is 52.9 Å². The molecule has 2 aliphatic rings. The Labute approximate surface area is 350 Å². The summed E-state index contributed by atoms with van der Waals surface area (Å²) in [5.41, 5.74) is 23.0. The summed E-state index contributed by atoms with van der Waals surface area (Å²) < 4.78 is 5.29. The average Bonchev–Trinajstić information content (AvgIpc) is 3.81. The Balaban J connectivity index is 1.87. The fraction of sp³-hybridized carbons (Fsp3) is 0.556. The van der Waals surface area contributed by atoms with E-state index in [1.54, 1.807) is 6.92 Å². The minimum absolute atomic E-state index is 0.0173. The number of nitrogens with one attached hydrogen (secondary N) is 4. The number of hydrogen-bond donors (Lipinski definition) is 4. The number of carbonyl (C=O) groups excluding carboxylic acids is 4. The Morgan fingerprint density at radius 1 is 0.759 bits per heavy atom. The van der Waals surface area contributed by atoms with Gasteiger partial charge in [-0.05, 0) is 13.8 Å². The number of carbonyl (C=O) groups is 4. The van der Waals surface area contributed by atoms with Crippen molar-refractivity contribution in [2.45, 2.75) is 136 Å². The summed E-state index contributed by atoms with van der Waals surface area (Å²) in [6, 6.07) is 6.05. The number of esters is 1. The zero-order valence-corrected chi connectivity index (χ0v) is 40.8. The maximum absolute atomic E-state index is 14.4. The van der Waals surface area contributed by atoms with Crippen LogP contribution in [0.5, 0.6) is 0 Å². The number of nitrogens with zero attached hydrogens (tertiary/aromatic N) is 2. The first-order valence-corrected chi connectivity index (χ1v) is 34.6. The topological polar surface area (TPSA) is 159 Å². The molecule has 0 saturated heterocycles. The van der Waals surface area contributed by atoms with Gasteiger partial charge in [-0.3, -0.25) is 4.79 Å². The summed E-state index contributed by atoms with van der Waals surface area (Å²) in [4.78, 5) is 72.1. The first kappa shape index (κ1) is 45.4. The monoisotopic (exact) mass is 920 g/mol. The second kappa shape index (κ2) is 18.3. The number of ketones is 1. The molecule has 3 aromatic rings. The van der Waals surface area contributed by atoms with Crippen LogP contribution in [0.25, 0.3) is 22.1 Å². The van der Waals surface area contributed by atoms with E-state index in [9.17, 15) is 19.2 Å². The van der Waals surface area contributed by atoms with E-state index in [1.807, 2.05) is 32.0 Å². The molecule has 4 N–H and O–H groups in total. The van der Waals surface area contributed by atoms with E-state index in [-0.39, 0.29) is 54.1 Å². The van der Waals surface area contributed by atoms with Crippen molar-refractivity contribution >= 4 is 72.7 Å². The van der Waals surface area contributed by atoms with Gasteiger partial charge in [0.2, 0.25) is 0 Å². The van der Waals surface area contributed by atoms with Crippen molar-refractivity contribution in [1.29, 1.82) is 0 Å². The third-order valence-electron chi connectivity index (χ3n) is 11.9. The van der Waals surface area contributed by atoms with Crippen molar-refractivity contribution in [3.8, 4) is 0 Å². The minimum atomic E-state index is -1.81. The number of amides is 2. The third-order valence-corrected chi connectivity index (χ3v) is 18.5. The van der Waals surface area contributed by atoms with Crippen LogP contribution in [-0.2, 0) is 20.7 Å². The molecule has 0 saturated carbocycles. The number of aryl methyl sites for hydroxylation is 2. The zero-order chi connectivity index (χ0) is 42.9. The number of Topliss-reactive ketones (excluding diaryl/α,β-unsaturated/α-hetero) is 1. The van der Waals surface area contributed by atoms with Crippen LogP contribution in [0, 0.1) is 13.8 Å². The first-order valence-electron chi connectivity index (χ1n) is 20.6. The molecule has 8 bridgehead atoms. The van der Waals surface area contributed by atoms with Gasteiger partial charge in [-0.2, -0.15) is 0 Å². The Hall–Kier alpha value is -3.68. The number of hydrogen-bond acceptors (Lipinski definition) is 7. The quantitative estimate of drug-likeness (QED) is 0.0713. The van der Waals surface area contributed by atoms with Crippen molar-refractivity contribution in [3.05, 3.63) is 68.8 Å². The van der Waals surface area contributed by atoms with Gasteiger partial charge < -0.3 is 0 Å². The average molecular weight is 921 g/mol. The number of rotatable bonds is 14. The molecule has 5 heterocycles. The number of methoxy groups -OCH3 is 1. The number of aromatic amines is 2. The van der Waals surface area contributed by atoms with Gasteiger partial charge in [0.1, 0.15) is 0 Å². The van der Waals surface area contributed by atoms with Crippen molar-refractivity contribution < 1.29 is 23.9 Å². The molecule has 5 rings (SSSR count). The molecule has 58 heavy (non-hydrogen) atoms. The number of aromatic nitrogens is 4. The Kier molecular flexibility index (Phi) is 14.3. The van der Waals surface area contributed by atoms with Gasteiger partial charge in [-0.25, -0.2) is 0 Å². The SMILES string of the molecule is CC[C@H]1c2cc3[nH]c(c(CC(=O)OC)c4nc(cc5[nH]c(cc(n2)[C@@H]1C)c(C(C)=O)c5C)[C@@H](C)[C@@H]4CCC(=O)NCC[As+](C)(C)C)c(C(=O)NCC[As+](C)(C)C)c3C. The van der Waals surface area contributed by atoms with Gasteiger partial charge in [0.05, 0.1) is 5.52 Å². The molecule has 0 fully saturated rings. The molecule has 0 spiro atoms. The Bertz CT molecular complexity index is 2250. The number of ether oxygens (including phenoxy) is 1. The van der Waals surface area contributed by atoms with E-state index in [0.717, 1.165) is 56.1 Å². The van der Waals surface area contributed by atoms with Crippen LogP contribution in [0.4, 0.5) is 0 Å². The molecular formula is C45H66As2N6O5+2. The molecule has 314 valence electrons. The standard InChI is InChI=1S/C45H64As2N6O5/c1-14-30-25(2)33-24-38-41(29(6)54)27(4)35(51-38)22-34-26(3)31(15-16-39(55)48-19-17-46(7,8)9)43(52-34)32(21-40(56)58-13)44-42(45(57)49-20-18-47(10,11)12)28(5)36(53-44)23-37(30)50-33/h22-26,30-31H,14-21H2,1-13H3,(H2-2,48,49,50,51,52,53,54,55,57)/p+2/t25-,26+,30-,31+/m1/s1. The maximum atomic E-state index is 14.4. The van der Waals surface area contributed by atoms with Crippen LogP contribution in [0.2, 0.25) is 44.7 Å². The van der Waals surface area contributed by atoms with Crippen LogP contribution < -0.4 is 10.6 Å². The van der Waals surface area contributed by atoms with Gasteiger partial charge >= 0.3 is 316 Å². The van der Waals surface area contributed by atoms with Crippen LogP contribution in [-0.4, -0.2) is 90.8 Å². The van der Waals surface area contributed by atoms with E-state index >= 15 is 0 Å². The van der Waals surface area contributed by atoms with E-state index in [2.05, 4.69) is 75.6 Å². The van der Waals surface area contributed by atoms with Gasteiger partial charge in [0.15, 0.2) is 5.78 Å². The van der Waals surface area contributed by atoms with Gasteiger partial charge in [0.25, 0.3) is 0 Å². The molecule has 0 aromatic carbocycles. The predicted octanol–water partition coefficient (Wildman–Crippen LogP) is 9.34. The summed E-state index contributed by atoms with van der Waals surface area (Å²) in [6.07, 6.45) is 1.47. The Morgan fingerprint density at radius 3 is 1.91 bits per heavy atom. The summed E-state index contributed by atoms with van der Waals surface area (Å²) in [5.74, 6) is -0.983. The third kappa shape index (κ3) is 10.4. The van der Waals surface area contributed by atoms with Crippen molar-refractivity contribution in [2.75, 3.05) is 20.2 Å². The van der Waals surface area contributed by atoms with Crippen molar-refractivity contribution in [3.63, 3.8) is 0 Å². The fourth-order valence-electron chi connectivity index (χ4n) is 8.35. The molecular weight excluding hydrogens is 854 g/mol. The van der Waals surface area contributed by atoms with E-state index in [4.69, 9.17) is 14.7 Å². The molecule has 11 nitrogen and oxygen atoms in total. The fourth-order valence-corrected chi connectivity index (χ4v) is 11.6. The van der Waals surface area contributed by atoms with Crippen LogP contribution in [0.3, 0.4) is 0 Å². The molecule has 4 atom stereocenters. The molecule has 0 unspecified atom stereocenters. The number of fused-ring (bicyclic) bond motifs is 8. The first-order chi connectivity index (χ1) is 27.1. The molecule has 13 heteroatoms. The van der Waals surface area contributed by atoms with Crippen LogP contribution in [0.1, 0.15) is 131 Å². The second-order valence-corrected chi connectivity index (χ2v) is 39.4. The molecule has 0 aliphatic carbocycles. The summed E-state index contributed by atoms with van der Waals surface area (Å²) in [6.45, 7) is 13.1. The van der Waals surface area contributed by atoms with Gasteiger partial charge in [-0.1, -0.05) is 0 Å². The zero-order valence-electron chi connectivity index (χ0n) is 37.0. The normalized spacial score (nSPS) is 18.2. The second-order valence-electron chi connectivity index (χ2n) is 18.3. The molecule has 3 aromatic heterocycles. The summed E-state index contributed by atoms with van der Waals surface area (Å²) >= 11 is -3.49. The molecule has 0 radical (unpaired) electrons.